The van der Waals surface area contributed by atoms with Gasteiger partial charge in [-0.2, -0.15) is 0 Å². The summed E-state index contributed by atoms with van der Waals surface area (Å²) < 4.78 is 6.19. The molecule has 0 fully saturated rings. The van der Waals surface area contributed by atoms with Gasteiger partial charge in [0.1, 0.15) is 15.8 Å². The van der Waals surface area contributed by atoms with Gasteiger partial charge in [-0.15, -0.1) is 21.5 Å². The van der Waals surface area contributed by atoms with Gasteiger partial charge >= 0.3 is 0 Å². The molecule has 0 aliphatic rings. The van der Waals surface area contributed by atoms with E-state index in [-0.39, 0.29) is 6.04 Å². The normalized spacial score (nSPS) is 12.4. The van der Waals surface area contributed by atoms with Crippen LogP contribution in [0.2, 0.25) is 0 Å². The fourth-order valence-electron chi connectivity index (χ4n) is 1.72. The highest BCUT2D eigenvalue weighted by Gasteiger charge is 2.09. The largest absolute Gasteiger partial charge is 0.496 e. The number of benzene rings is 1. The second kappa shape index (κ2) is 6.45. The zero-order chi connectivity index (χ0) is 13.8. The molecule has 0 saturated heterocycles. The summed E-state index contributed by atoms with van der Waals surface area (Å²) in [6.07, 6.45) is 0. The smallest absolute Gasteiger partial charge is 0.133 e. The highest BCUT2D eigenvalue weighted by Crippen LogP contribution is 2.28. The van der Waals surface area contributed by atoms with E-state index in [1.807, 2.05) is 13.0 Å². The maximum absolute atomic E-state index is 5.23. The van der Waals surface area contributed by atoms with Crippen LogP contribution in [0.25, 0.3) is 0 Å². The van der Waals surface area contributed by atoms with Crippen LogP contribution in [0.15, 0.2) is 22.7 Å². The predicted molar refractivity (Wildman–Crippen MR) is 80.6 cm³/mol. The molecule has 102 valence electrons. The van der Waals surface area contributed by atoms with E-state index in [2.05, 4.69) is 50.5 Å². The van der Waals surface area contributed by atoms with E-state index in [4.69, 9.17) is 4.74 Å². The average Bonchev–Trinajstić information content (AvgIpc) is 2.81. The lowest BCUT2D eigenvalue weighted by Crippen LogP contribution is -2.18. The van der Waals surface area contributed by atoms with Crippen molar-refractivity contribution in [1.82, 2.24) is 15.5 Å². The van der Waals surface area contributed by atoms with E-state index >= 15 is 0 Å². The van der Waals surface area contributed by atoms with Crippen LogP contribution < -0.4 is 10.1 Å². The van der Waals surface area contributed by atoms with E-state index in [1.165, 1.54) is 5.56 Å². The lowest BCUT2D eigenvalue weighted by molar-refractivity contribution is 0.411. The van der Waals surface area contributed by atoms with Crippen LogP contribution in [0.5, 0.6) is 5.75 Å². The van der Waals surface area contributed by atoms with Gasteiger partial charge < -0.3 is 10.1 Å². The first-order valence-electron chi connectivity index (χ1n) is 5.96. The van der Waals surface area contributed by atoms with Gasteiger partial charge in [0, 0.05) is 6.04 Å². The fraction of sp³-hybridized carbons (Fsp3) is 0.385. The van der Waals surface area contributed by atoms with E-state index in [0.717, 1.165) is 26.8 Å². The van der Waals surface area contributed by atoms with Crippen LogP contribution in [0.1, 0.15) is 28.5 Å². The molecule has 1 heterocycles. The Bertz CT molecular complexity index is 559. The van der Waals surface area contributed by atoms with Crippen molar-refractivity contribution >= 4 is 27.3 Å². The number of hydrogen-bond donors (Lipinski definition) is 1. The van der Waals surface area contributed by atoms with Crippen LogP contribution >= 0.6 is 27.3 Å². The number of aromatic nitrogens is 2. The van der Waals surface area contributed by atoms with Gasteiger partial charge in [0.05, 0.1) is 18.1 Å². The molecule has 0 radical (unpaired) electrons. The van der Waals surface area contributed by atoms with Crippen molar-refractivity contribution in [2.45, 2.75) is 26.4 Å². The Balaban J connectivity index is 1.99. The SMILES string of the molecule is COc1ccc([C@@H](C)NCc2nnc(C)s2)cc1Br. The van der Waals surface area contributed by atoms with E-state index in [1.54, 1.807) is 18.4 Å². The quantitative estimate of drug-likeness (QED) is 0.904. The van der Waals surface area contributed by atoms with Crippen molar-refractivity contribution < 1.29 is 4.74 Å². The first kappa shape index (κ1) is 14.4. The topological polar surface area (TPSA) is 47.0 Å². The van der Waals surface area contributed by atoms with Crippen LogP contribution in [0.4, 0.5) is 0 Å². The Morgan fingerprint density at radius 1 is 1.42 bits per heavy atom. The third kappa shape index (κ3) is 3.75. The van der Waals surface area contributed by atoms with Crippen molar-refractivity contribution in [3.05, 3.63) is 38.3 Å². The molecule has 0 aliphatic heterocycles. The number of rotatable bonds is 5. The number of nitrogens with one attached hydrogen (secondary N) is 1. The van der Waals surface area contributed by atoms with Crippen LogP contribution in [0.3, 0.4) is 0 Å². The Morgan fingerprint density at radius 2 is 2.21 bits per heavy atom. The van der Waals surface area contributed by atoms with Crippen molar-refractivity contribution in [2.24, 2.45) is 0 Å². The van der Waals surface area contributed by atoms with Gasteiger partial charge in [-0.25, -0.2) is 0 Å². The standard InChI is InChI=1S/C13H16BrN3OS/c1-8(15-7-13-17-16-9(2)19-13)10-4-5-12(18-3)11(14)6-10/h4-6,8,15H,7H2,1-3H3/t8-/m1/s1. The molecular weight excluding hydrogens is 326 g/mol. The molecule has 0 bridgehead atoms. The summed E-state index contributed by atoms with van der Waals surface area (Å²) in [7, 11) is 1.67. The first-order chi connectivity index (χ1) is 9.10. The molecule has 2 rings (SSSR count). The van der Waals surface area contributed by atoms with Gasteiger partial charge in [-0.3, -0.25) is 0 Å². The monoisotopic (exact) mass is 341 g/mol. The number of halogens is 1. The lowest BCUT2D eigenvalue weighted by atomic mass is 10.1. The Morgan fingerprint density at radius 3 is 2.79 bits per heavy atom. The van der Waals surface area contributed by atoms with Crippen molar-refractivity contribution in [3.8, 4) is 5.75 Å². The van der Waals surface area contributed by atoms with Gasteiger partial charge in [-0.05, 0) is 47.5 Å². The first-order valence-corrected chi connectivity index (χ1v) is 7.57. The third-order valence-electron chi connectivity index (χ3n) is 2.80. The van der Waals surface area contributed by atoms with Crippen molar-refractivity contribution in [2.75, 3.05) is 7.11 Å². The second-order valence-electron chi connectivity index (χ2n) is 4.21. The lowest BCUT2D eigenvalue weighted by Gasteiger charge is -2.14. The zero-order valence-corrected chi connectivity index (χ0v) is 13.5. The Labute approximate surface area is 125 Å². The maximum Gasteiger partial charge on any atom is 0.133 e. The minimum atomic E-state index is 0.242. The van der Waals surface area contributed by atoms with E-state index in [0.29, 0.717) is 0 Å². The summed E-state index contributed by atoms with van der Waals surface area (Å²) in [5, 5.41) is 13.6. The van der Waals surface area contributed by atoms with Gasteiger partial charge in [0.15, 0.2) is 0 Å². The molecule has 19 heavy (non-hydrogen) atoms. The molecule has 1 aromatic heterocycles. The number of methoxy groups -OCH3 is 1. The van der Waals surface area contributed by atoms with Crippen LogP contribution in [-0.2, 0) is 6.54 Å². The summed E-state index contributed by atoms with van der Waals surface area (Å²) in [6, 6.07) is 6.34. The minimum absolute atomic E-state index is 0.242. The molecular formula is C13H16BrN3OS. The molecule has 1 N–H and O–H groups in total. The molecule has 0 spiro atoms. The maximum atomic E-state index is 5.23. The third-order valence-corrected chi connectivity index (χ3v) is 4.26. The van der Waals surface area contributed by atoms with Gasteiger partial charge in [0.2, 0.25) is 0 Å². The predicted octanol–water partition coefficient (Wildman–Crippen LogP) is 3.47. The summed E-state index contributed by atoms with van der Waals surface area (Å²) in [4.78, 5) is 0. The number of aryl methyl sites for hydroxylation is 1. The Hall–Kier alpha value is -0.980. The summed E-state index contributed by atoms with van der Waals surface area (Å²) >= 11 is 5.12. The van der Waals surface area contributed by atoms with E-state index in [9.17, 15) is 0 Å². The Kier molecular flexibility index (Phi) is 4.90. The molecule has 0 aliphatic carbocycles. The van der Waals surface area contributed by atoms with Crippen molar-refractivity contribution in [3.63, 3.8) is 0 Å². The molecule has 4 nitrogen and oxygen atoms in total. The van der Waals surface area contributed by atoms with Gasteiger partial charge in [0.25, 0.3) is 0 Å². The molecule has 6 heteroatoms. The van der Waals surface area contributed by atoms with Gasteiger partial charge in [-0.1, -0.05) is 6.07 Å². The molecule has 1 aromatic carbocycles. The van der Waals surface area contributed by atoms with E-state index < -0.39 is 0 Å². The number of hydrogen-bond acceptors (Lipinski definition) is 5. The highest BCUT2D eigenvalue weighted by molar-refractivity contribution is 9.10. The number of ether oxygens (including phenoxy) is 1. The second-order valence-corrected chi connectivity index (χ2v) is 6.33. The number of nitrogens with zero attached hydrogens (tertiary/aromatic N) is 2. The molecule has 1 atom stereocenters. The molecule has 0 amide bonds. The summed E-state index contributed by atoms with van der Waals surface area (Å²) in [5.41, 5.74) is 1.20. The molecule has 0 saturated carbocycles. The molecule has 0 unspecified atom stereocenters. The van der Waals surface area contributed by atoms with Crippen LogP contribution in [-0.4, -0.2) is 17.3 Å². The van der Waals surface area contributed by atoms with Crippen molar-refractivity contribution in [1.29, 1.82) is 0 Å². The fourth-order valence-corrected chi connectivity index (χ4v) is 2.94. The average molecular weight is 342 g/mol. The zero-order valence-electron chi connectivity index (χ0n) is 11.1. The highest BCUT2D eigenvalue weighted by atomic mass is 79.9. The minimum Gasteiger partial charge on any atom is -0.496 e. The summed E-state index contributed by atoms with van der Waals surface area (Å²) in [6.45, 7) is 4.82. The van der Waals surface area contributed by atoms with Crippen LogP contribution in [0, 0.1) is 6.92 Å². The summed E-state index contributed by atoms with van der Waals surface area (Å²) in [5.74, 6) is 0.843. The molecule has 2 aromatic rings.